The largest absolute Gasteiger partial charge is 0.363 e. The molecule has 0 aliphatic heterocycles. The Morgan fingerprint density at radius 3 is 2.28 bits per heavy atom. The van der Waals surface area contributed by atoms with Crippen molar-refractivity contribution in [2.75, 3.05) is 18.5 Å². The summed E-state index contributed by atoms with van der Waals surface area (Å²) in [5, 5.41) is 0. The van der Waals surface area contributed by atoms with Crippen LogP contribution in [0.5, 0.6) is 0 Å². The van der Waals surface area contributed by atoms with Crippen LogP contribution in [0.3, 0.4) is 0 Å². The van der Waals surface area contributed by atoms with Crippen LogP contribution in [0.4, 0.5) is 5.69 Å². The van der Waals surface area contributed by atoms with E-state index in [2.05, 4.69) is 55.0 Å². The van der Waals surface area contributed by atoms with Crippen molar-refractivity contribution in [2.24, 2.45) is 0 Å². The van der Waals surface area contributed by atoms with E-state index in [1.54, 1.807) is 0 Å². The summed E-state index contributed by atoms with van der Waals surface area (Å²) >= 11 is 0. The van der Waals surface area contributed by atoms with Crippen LogP contribution in [0.25, 0.3) is 0 Å². The van der Waals surface area contributed by atoms with E-state index in [-0.39, 0.29) is 0 Å². The van der Waals surface area contributed by atoms with Crippen molar-refractivity contribution < 1.29 is 0 Å². The molecule has 0 spiro atoms. The Bertz CT molecular complexity index is 544. The molecule has 0 saturated carbocycles. The lowest BCUT2D eigenvalue weighted by molar-refractivity contribution is 1.05. The minimum atomic E-state index is 0.734. The summed E-state index contributed by atoms with van der Waals surface area (Å²) in [6.07, 6.45) is 0. The Labute approximate surface area is 109 Å². The maximum atomic E-state index is 3.19. The molecule has 0 fully saturated rings. The summed E-state index contributed by atoms with van der Waals surface area (Å²) in [5.41, 5.74) is 3.54. The van der Waals surface area contributed by atoms with Gasteiger partial charge in [0.05, 0.1) is 6.54 Å². The fourth-order valence-corrected chi connectivity index (χ4v) is 1.67. The molecule has 0 aromatic heterocycles. The molecule has 0 radical (unpaired) electrons. The number of aryl methyl sites for hydroxylation is 1. The van der Waals surface area contributed by atoms with Crippen LogP contribution >= 0.6 is 0 Å². The lowest BCUT2D eigenvalue weighted by Crippen LogP contribution is -2.16. The molecule has 2 aromatic carbocycles. The third-order valence-corrected chi connectivity index (χ3v) is 2.80. The molecule has 0 N–H and O–H groups in total. The van der Waals surface area contributed by atoms with Gasteiger partial charge in [-0.1, -0.05) is 47.7 Å². The van der Waals surface area contributed by atoms with E-state index >= 15 is 0 Å². The van der Waals surface area contributed by atoms with Crippen LogP contribution in [0.15, 0.2) is 54.6 Å². The molecule has 2 rings (SSSR count). The van der Waals surface area contributed by atoms with E-state index in [4.69, 9.17) is 0 Å². The zero-order chi connectivity index (χ0) is 12.8. The van der Waals surface area contributed by atoms with Gasteiger partial charge in [-0.05, 0) is 31.2 Å². The third-order valence-electron chi connectivity index (χ3n) is 2.80. The smallest absolute Gasteiger partial charge is 0.0794 e. The van der Waals surface area contributed by atoms with Crippen LogP contribution in [-0.4, -0.2) is 13.6 Å². The first-order valence-electron chi connectivity index (χ1n) is 6.07. The Morgan fingerprint density at radius 1 is 0.944 bits per heavy atom. The van der Waals surface area contributed by atoms with Gasteiger partial charge in [-0.3, -0.25) is 0 Å². The molecular formula is C17H17N. The van der Waals surface area contributed by atoms with Crippen molar-refractivity contribution in [1.29, 1.82) is 0 Å². The first-order chi connectivity index (χ1) is 8.75. The average molecular weight is 235 g/mol. The summed E-state index contributed by atoms with van der Waals surface area (Å²) in [6.45, 7) is 2.83. The van der Waals surface area contributed by atoms with Crippen molar-refractivity contribution in [3.63, 3.8) is 0 Å². The van der Waals surface area contributed by atoms with Crippen molar-refractivity contribution in [1.82, 2.24) is 0 Å². The highest BCUT2D eigenvalue weighted by molar-refractivity contribution is 5.48. The fourth-order valence-electron chi connectivity index (χ4n) is 1.67. The number of rotatable bonds is 2. The highest BCUT2D eigenvalue weighted by Crippen LogP contribution is 2.12. The fraction of sp³-hybridized carbons (Fsp3) is 0.176. The van der Waals surface area contributed by atoms with Gasteiger partial charge >= 0.3 is 0 Å². The number of benzene rings is 2. The molecule has 0 bridgehead atoms. The van der Waals surface area contributed by atoms with Crippen molar-refractivity contribution >= 4 is 5.69 Å². The van der Waals surface area contributed by atoms with Crippen LogP contribution < -0.4 is 4.90 Å². The molecule has 0 aliphatic rings. The normalized spacial score (nSPS) is 9.44. The minimum Gasteiger partial charge on any atom is -0.363 e. The second-order valence-electron chi connectivity index (χ2n) is 4.36. The van der Waals surface area contributed by atoms with Crippen molar-refractivity contribution in [3.05, 3.63) is 65.7 Å². The highest BCUT2D eigenvalue weighted by atomic mass is 15.1. The zero-order valence-electron chi connectivity index (χ0n) is 10.9. The quantitative estimate of drug-likeness (QED) is 0.720. The van der Waals surface area contributed by atoms with Gasteiger partial charge in [0, 0.05) is 18.3 Å². The molecular weight excluding hydrogens is 218 g/mol. The lowest BCUT2D eigenvalue weighted by Gasteiger charge is -2.15. The van der Waals surface area contributed by atoms with E-state index in [1.807, 2.05) is 30.3 Å². The maximum Gasteiger partial charge on any atom is 0.0794 e. The summed E-state index contributed by atoms with van der Waals surface area (Å²) in [7, 11) is 2.06. The molecule has 18 heavy (non-hydrogen) atoms. The van der Waals surface area contributed by atoms with Gasteiger partial charge in [-0.2, -0.15) is 0 Å². The molecule has 0 aliphatic carbocycles. The van der Waals surface area contributed by atoms with E-state index < -0.39 is 0 Å². The molecule has 0 saturated heterocycles. The first kappa shape index (κ1) is 12.3. The SMILES string of the molecule is Cc1ccc(N(C)CC#Cc2ccccc2)cc1. The maximum absolute atomic E-state index is 3.19. The van der Waals surface area contributed by atoms with Gasteiger partial charge in [-0.25, -0.2) is 0 Å². The van der Waals surface area contributed by atoms with Crippen LogP contribution in [0.2, 0.25) is 0 Å². The molecule has 0 amide bonds. The summed E-state index contributed by atoms with van der Waals surface area (Å²) in [6, 6.07) is 18.6. The Kier molecular flexibility index (Phi) is 4.04. The first-order valence-corrected chi connectivity index (χ1v) is 6.07. The molecule has 0 atom stereocenters. The van der Waals surface area contributed by atoms with Gasteiger partial charge in [0.25, 0.3) is 0 Å². The van der Waals surface area contributed by atoms with Gasteiger partial charge in [-0.15, -0.1) is 0 Å². The highest BCUT2D eigenvalue weighted by Gasteiger charge is 1.96. The van der Waals surface area contributed by atoms with Gasteiger partial charge in [0.2, 0.25) is 0 Å². The average Bonchev–Trinajstić information content (AvgIpc) is 2.40. The Balaban J connectivity index is 1.98. The topological polar surface area (TPSA) is 3.24 Å². The zero-order valence-corrected chi connectivity index (χ0v) is 10.9. The van der Waals surface area contributed by atoms with Crippen LogP contribution in [0, 0.1) is 18.8 Å². The molecule has 0 unspecified atom stereocenters. The summed E-state index contributed by atoms with van der Waals surface area (Å²) in [4.78, 5) is 2.15. The van der Waals surface area contributed by atoms with Crippen molar-refractivity contribution in [3.8, 4) is 11.8 Å². The number of hydrogen-bond donors (Lipinski definition) is 0. The van der Waals surface area contributed by atoms with E-state index in [0.29, 0.717) is 0 Å². The van der Waals surface area contributed by atoms with Gasteiger partial charge < -0.3 is 4.90 Å². The molecule has 0 heterocycles. The van der Waals surface area contributed by atoms with E-state index in [0.717, 1.165) is 12.1 Å². The van der Waals surface area contributed by atoms with Crippen molar-refractivity contribution in [2.45, 2.75) is 6.92 Å². The molecule has 1 nitrogen and oxygen atoms in total. The number of anilines is 1. The Morgan fingerprint density at radius 2 is 1.61 bits per heavy atom. The Hall–Kier alpha value is -2.20. The predicted octanol–water partition coefficient (Wildman–Crippen LogP) is 3.48. The number of hydrogen-bond acceptors (Lipinski definition) is 1. The monoisotopic (exact) mass is 235 g/mol. The molecule has 1 heteroatoms. The minimum absolute atomic E-state index is 0.734. The van der Waals surface area contributed by atoms with Gasteiger partial charge in [0.15, 0.2) is 0 Å². The second kappa shape index (κ2) is 5.93. The summed E-state index contributed by atoms with van der Waals surface area (Å²) < 4.78 is 0. The lowest BCUT2D eigenvalue weighted by atomic mass is 10.2. The molecule has 2 aromatic rings. The van der Waals surface area contributed by atoms with Crippen LogP contribution in [0.1, 0.15) is 11.1 Å². The van der Waals surface area contributed by atoms with E-state index in [1.165, 1.54) is 11.3 Å². The standard InChI is InChI=1S/C17H17N/c1-15-10-12-17(13-11-15)18(2)14-6-9-16-7-4-3-5-8-16/h3-5,7-8,10-13H,14H2,1-2H3. The molecule has 90 valence electrons. The van der Waals surface area contributed by atoms with E-state index in [9.17, 15) is 0 Å². The third kappa shape index (κ3) is 3.40. The van der Waals surface area contributed by atoms with Gasteiger partial charge in [0.1, 0.15) is 0 Å². The predicted molar refractivity (Wildman–Crippen MR) is 77.8 cm³/mol. The second-order valence-corrected chi connectivity index (χ2v) is 4.36. The van der Waals surface area contributed by atoms with Crippen LogP contribution in [-0.2, 0) is 0 Å². The number of nitrogens with zero attached hydrogens (tertiary/aromatic N) is 1. The summed E-state index contributed by atoms with van der Waals surface area (Å²) in [5.74, 6) is 6.36.